The van der Waals surface area contributed by atoms with Gasteiger partial charge < -0.3 is 0 Å². The zero-order chi connectivity index (χ0) is 9.26. The number of benzene rings is 1. The molecule has 1 heterocycles. The van der Waals surface area contributed by atoms with Gasteiger partial charge in [-0.15, -0.1) is 0 Å². The second kappa shape index (κ2) is 2.98. The minimum atomic E-state index is 0.0538. The second-order valence-electron chi connectivity index (χ2n) is 2.99. The number of allylic oxidation sites excluding steroid dienone is 2. The van der Waals surface area contributed by atoms with Gasteiger partial charge in [0.25, 0.3) is 0 Å². The van der Waals surface area contributed by atoms with Crippen molar-refractivity contribution >= 4 is 23.3 Å². The number of aliphatic imine (C=N–C) groups is 1. The fourth-order valence-corrected chi connectivity index (χ4v) is 1.37. The molecule has 0 radical (unpaired) electrons. The monoisotopic (exact) mass is 171 g/mol. The Balaban J connectivity index is 2.50. The molecule has 0 bridgehead atoms. The average Bonchev–Trinajstić information content (AvgIpc) is 2.48. The first kappa shape index (κ1) is 7.92. The Morgan fingerprint density at radius 3 is 2.92 bits per heavy atom. The summed E-state index contributed by atoms with van der Waals surface area (Å²) in [7, 11) is 0. The molecule has 1 aliphatic rings. The molecule has 1 aromatic rings. The van der Waals surface area contributed by atoms with E-state index in [0.717, 1.165) is 16.8 Å². The third-order valence-electron chi connectivity index (χ3n) is 1.92. The van der Waals surface area contributed by atoms with Crippen molar-refractivity contribution in [3.8, 4) is 0 Å². The highest BCUT2D eigenvalue weighted by Crippen LogP contribution is 2.30. The molecular formula is C11H9NO. The number of hydrogen-bond donors (Lipinski definition) is 0. The first-order valence-corrected chi connectivity index (χ1v) is 4.13. The van der Waals surface area contributed by atoms with E-state index >= 15 is 0 Å². The molecule has 0 atom stereocenters. The van der Waals surface area contributed by atoms with Crippen molar-refractivity contribution in [2.45, 2.75) is 6.92 Å². The minimum absolute atomic E-state index is 0.0538. The smallest absolute Gasteiger partial charge is 0.153 e. The van der Waals surface area contributed by atoms with E-state index < -0.39 is 0 Å². The number of carbonyl (C=O) groups excluding carboxylic acids is 1. The fraction of sp³-hybridized carbons (Fsp3) is 0.0909. The maximum Gasteiger partial charge on any atom is 0.153 e. The maximum atomic E-state index is 10.9. The summed E-state index contributed by atoms with van der Waals surface area (Å²) in [6.45, 7) is 1.54. The molecule has 0 N–H and O–H groups in total. The summed E-state index contributed by atoms with van der Waals surface area (Å²) < 4.78 is 0. The van der Waals surface area contributed by atoms with Crippen molar-refractivity contribution in [3.63, 3.8) is 0 Å². The highest BCUT2D eigenvalue weighted by atomic mass is 16.1. The lowest BCUT2D eigenvalue weighted by molar-refractivity contribution is -0.112. The lowest BCUT2D eigenvalue weighted by Gasteiger charge is -1.96. The van der Waals surface area contributed by atoms with E-state index in [2.05, 4.69) is 4.99 Å². The summed E-state index contributed by atoms with van der Waals surface area (Å²) in [4.78, 5) is 15.1. The van der Waals surface area contributed by atoms with Gasteiger partial charge in [0.1, 0.15) is 0 Å². The molecule has 1 aliphatic heterocycles. The first-order chi connectivity index (χ1) is 6.27. The van der Waals surface area contributed by atoms with Crippen LogP contribution in [0.1, 0.15) is 12.5 Å². The SMILES string of the molecule is CC(=O)C=C1C=Nc2ccccc21. The molecule has 2 rings (SSSR count). The Bertz CT molecular complexity index is 416. The zero-order valence-corrected chi connectivity index (χ0v) is 7.32. The van der Waals surface area contributed by atoms with Gasteiger partial charge in [-0.2, -0.15) is 0 Å². The topological polar surface area (TPSA) is 29.4 Å². The molecule has 1 aromatic carbocycles. The van der Waals surface area contributed by atoms with Crippen molar-refractivity contribution in [1.29, 1.82) is 0 Å². The molecule has 2 nitrogen and oxygen atoms in total. The molecule has 0 amide bonds. The normalized spacial score (nSPS) is 16.2. The maximum absolute atomic E-state index is 10.9. The van der Waals surface area contributed by atoms with Crippen LogP contribution in [-0.2, 0) is 4.79 Å². The van der Waals surface area contributed by atoms with Gasteiger partial charge in [-0.1, -0.05) is 18.2 Å². The summed E-state index contributed by atoms with van der Waals surface area (Å²) in [5, 5.41) is 0. The van der Waals surface area contributed by atoms with Crippen molar-refractivity contribution < 1.29 is 4.79 Å². The van der Waals surface area contributed by atoms with E-state index in [1.165, 1.54) is 0 Å². The number of para-hydroxylation sites is 1. The van der Waals surface area contributed by atoms with Gasteiger partial charge >= 0.3 is 0 Å². The van der Waals surface area contributed by atoms with E-state index in [1.54, 1.807) is 19.2 Å². The molecule has 0 fully saturated rings. The fourth-order valence-electron chi connectivity index (χ4n) is 1.37. The van der Waals surface area contributed by atoms with E-state index in [0.29, 0.717) is 0 Å². The highest BCUT2D eigenvalue weighted by Gasteiger charge is 2.10. The van der Waals surface area contributed by atoms with Crippen LogP contribution in [0.5, 0.6) is 0 Å². The van der Waals surface area contributed by atoms with Crippen LogP contribution < -0.4 is 0 Å². The van der Waals surface area contributed by atoms with Gasteiger partial charge in [0, 0.05) is 17.4 Å². The molecule has 0 saturated carbocycles. The summed E-state index contributed by atoms with van der Waals surface area (Å²) in [6, 6.07) is 7.79. The molecule has 0 saturated heterocycles. The summed E-state index contributed by atoms with van der Waals surface area (Å²) in [5.41, 5.74) is 2.89. The zero-order valence-electron chi connectivity index (χ0n) is 7.32. The molecule has 0 unspecified atom stereocenters. The largest absolute Gasteiger partial charge is 0.295 e. The van der Waals surface area contributed by atoms with Gasteiger partial charge in [-0.3, -0.25) is 9.79 Å². The van der Waals surface area contributed by atoms with Crippen molar-refractivity contribution in [3.05, 3.63) is 35.9 Å². The van der Waals surface area contributed by atoms with Crippen LogP contribution in [0.3, 0.4) is 0 Å². The highest BCUT2D eigenvalue weighted by molar-refractivity contribution is 6.20. The van der Waals surface area contributed by atoms with Crippen molar-refractivity contribution in [1.82, 2.24) is 0 Å². The summed E-state index contributed by atoms with van der Waals surface area (Å²) in [5.74, 6) is 0.0538. The van der Waals surface area contributed by atoms with Gasteiger partial charge in [-0.25, -0.2) is 0 Å². The molecule has 0 aromatic heterocycles. The molecule has 13 heavy (non-hydrogen) atoms. The minimum Gasteiger partial charge on any atom is -0.295 e. The second-order valence-corrected chi connectivity index (χ2v) is 2.99. The van der Waals surface area contributed by atoms with Crippen LogP contribution in [0.2, 0.25) is 0 Å². The number of nitrogens with zero attached hydrogens (tertiary/aromatic N) is 1. The van der Waals surface area contributed by atoms with Gasteiger partial charge in [0.15, 0.2) is 5.78 Å². The Labute approximate surface area is 76.6 Å². The molecule has 64 valence electrons. The lowest BCUT2D eigenvalue weighted by Crippen LogP contribution is -1.86. The Kier molecular flexibility index (Phi) is 1.81. The number of fused-ring (bicyclic) bond motifs is 1. The molecule has 2 heteroatoms. The first-order valence-electron chi connectivity index (χ1n) is 4.13. The number of hydrogen-bond acceptors (Lipinski definition) is 2. The Morgan fingerprint density at radius 2 is 2.15 bits per heavy atom. The Morgan fingerprint density at radius 1 is 1.38 bits per heavy atom. The standard InChI is InChI=1S/C11H9NO/c1-8(13)6-9-7-12-11-5-3-2-4-10(9)11/h2-7H,1H3. The van der Waals surface area contributed by atoms with E-state index in [-0.39, 0.29) is 5.78 Å². The van der Waals surface area contributed by atoms with Crippen LogP contribution in [0.15, 0.2) is 35.3 Å². The van der Waals surface area contributed by atoms with Crippen LogP contribution in [0.4, 0.5) is 5.69 Å². The van der Waals surface area contributed by atoms with E-state index in [4.69, 9.17) is 0 Å². The average molecular weight is 171 g/mol. The van der Waals surface area contributed by atoms with Gasteiger partial charge in [0.05, 0.1) is 5.69 Å². The van der Waals surface area contributed by atoms with Crippen molar-refractivity contribution in [2.75, 3.05) is 0 Å². The predicted octanol–water partition coefficient (Wildman–Crippen LogP) is 2.37. The third-order valence-corrected chi connectivity index (χ3v) is 1.92. The summed E-state index contributed by atoms with van der Waals surface area (Å²) in [6.07, 6.45) is 3.33. The van der Waals surface area contributed by atoms with E-state index in [1.807, 2.05) is 24.3 Å². The quantitative estimate of drug-likeness (QED) is 0.596. The lowest BCUT2D eigenvalue weighted by atomic mass is 10.1. The Hall–Kier alpha value is -1.70. The number of rotatable bonds is 1. The van der Waals surface area contributed by atoms with Gasteiger partial charge in [0.2, 0.25) is 0 Å². The van der Waals surface area contributed by atoms with Crippen LogP contribution >= 0.6 is 0 Å². The molecular weight excluding hydrogens is 162 g/mol. The number of carbonyl (C=O) groups is 1. The van der Waals surface area contributed by atoms with Crippen molar-refractivity contribution in [2.24, 2.45) is 4.99 Å². The predicted molar refractivity (Wildman–Crippen MR) is 53.3 cm³/mol. The molecule has 0 aliphatic carbocycles. The van der Waals surface area contributed by atoms with E-state index in [9.17, 15) is 4.79 Å². The molecule has 0 spiro atoms. The van der Waals surface area contributed by atoms with Crippen LogP contribution in [0.25, 0.3) is 5.57 Å². The summed E-state index contributed by atoms with van der Waals surface area (Å²) >= 11 is 0. The third kappa shape index (κ3) is 1.43. The number of ketones is 1. The van der Waals surface area contributed by atoms with Crippen LogP contribution in [-0.4, -0.2) is 12.0 Å². The van der Waals surface area contributed by atoms with Gasteiger partial charge in [-0.05, 0) is 19.1 Å². The van der Waals surface area contributed by atoms with Crippen LogP contribution in [0, 0.1) is 0 Å².